The second-order valence-electron chi connectivity index (χ2n) is 18.7. The number of esters is 1. The number of rotatable bonds is 5. The molecule has 9 heteroatoms. The highest BCUT2D eigenvalue weighted by molar-refractivity contribution is 6.64. The summed E-state index contributed by atoms with van der Waals surface area (Å²) < 4.78 is 6.05. The van der Waals surface area contributed by atoms with E-state index in [9.17, 15) is 24.3 Å². The van der Waals surface area contributed by atoms with Crippen LogP contribution in [0.2, 0.25) is 0 Å². The molecule has 0 saturated heterocycles. The van der Waals surface area contributed by atoms with Crippen molar-refractivity contribution < 1.29 is 29.0 Å². The lowest BCUT2D eigenvalue weighted by Gasteiger charge is -2.35. The molecule has 3 N–H and O–H groups in total. The van der Waals surface area contributed by atoms with E-state index in [2.05, 4.69) is 62.6 Å². The molecule has 2 aromatic carbocycles. The van der Waals surface area contributed by atoms with Crippen LogP contribution in [0.15, 0.2) is 35.8 Å². The highest BCUT2D eigenvalue weighted by Gasteiger charge is 2.50. The van der Waals surface area contributed by atoms with Crippen LogP contribution >= 0.6 is 11.6 Å². The second-order valence-corrected chi connectivity index (χ2v) is 19.1. The predicted octanol–water partition coefficient (Wildman–Crippen LogP) is 10.8. The summed E-state index contributed by atoms with van der Waals surface area (Å²) in [5.41, 5.74) is 7.65. The minimum Gasteiger partial charge on any atom is -0.509 e. The van der Waals surface area contributed by atoms with Crippen LogP contribution < -0.4 is 10.6 Å². The fourth-order valence-electron chi connectivity index (χ4n) is 8.63. The fraction of sp³-hybridized carbons (Fsp3) is 0.583. The van der Waals surface area contributed by atoms with E-state index in [0.29, 0.717) is 16.9 Å². The van der Waals surface area contributed by atoms with Gasteiger partial charge < -0.3 is 20.5 Å². The molecule has 2 aliphatic heterocycles. The molecule has 2 heterocycles. The molecular weight excluding hydrogens is 736 g/mol. The van der Waals surface area contributed by atoms with Gasteiger partial charge in [-0.05, 0) is 132 Å². The van der Waals surface area contributed by atoms with Gasteiger partial charge in [-0.2, -0.15) is 0 Å². The summed E-state index contributed by atoms with van der Waals surface area (Å²) in [5, 5.41) is 16.9. The van der Waals surface area contributed by atoms with Crippen molar-refractivity contribution in [1.82, 2.24) is 10.6 Å². The van der Waals surface area contributed by atoms with E-state index in [1.165, 1.54) is 17.5 Å². The van der Waals surface area contributed by atoms with Crippen LogP contribution in [0.4, 0.5) is 0 Å². The van der Waals surface area contributed by atoms with E-state index < -0.39 is 16.5 Å². The molecule has 0 unspecified atom stereocenters. The third-order valence-electron chi connectivity index (χ3n) is 11.7. The first-order chi connectivity index (χ1) is 26.5. The van der Waals surface area contributed by atoms with Gasteiger partial charge in [0, 0.05) is 5.41 Å². The molecule has 4 aliphatic rings. The molecule has 2 saturated carbocycles. The van der Waals surface area contributed by atoms with Gasteiger partial charge in [0.1, 0.15) is 11.5 Å². The number of amides is 2. The van der Waals surface area contributed by atoms with Crippen molar-refractivity contribution >= 4 is 45.8 Å². The Balaban J connectivity index is 0.000000221. The van der Waals surface area contributed by atoms with Gasteiger partial charge >= 0.3 is 5.97 Å². The minimum atomic E-state index is -0.629. The van der Waals surface area contributed by atoms with Crippen LogP contribution in [0.3, 0.4) is 0 Å². The van der Waals surface area contributed by atoms with Crippen LogP contribution in [-0.2, 0) is 36.8 Å². The molecule has 0 atom stereocenters. The largest absolute Gasteiger partial charge is 0.509 e. The average Bonchev–Trinajstić information content (AvgIpc) is 3.50. The number of benzene rings is 2. The van der Waals surface area contributed by atoms with Gasteiger partial charge in [-0.15, -0.1) is 0 Å². The van der Waals surface area contributed by atoms with Crippen molar-refractivity contribution in [2.45, 2.75) is 171 Å². The van der Waals surface area contributed by atoms with E-state index >= 15 is 0 Å². The molecular formula is C48H67ClN2O6. The standard InChI is InChI=1S/C24H33NO3.C19H25NO2.C5H9ClO/c1-7-17-14-15(2)13-16(3)18(17)19-20(28-22(27)23(4,5)6)24(25-21(19)26)11-9-8-10-12-24;1-4-14-11-12(2)10-13(3)15(14)16-17(21)19(20-18(16)22)8-6-5-7-9-19;1-5(2,3)4(6)7/h13-14H,7-12H2,1-6H3,(H,25,26);10-11,21H,4-9H2,1-3H3,(H,20,22);1-3H3. The van der Waals surface area contributed by atoms with Crippen LogP contribution in [0, 0.1) is 38.5 Å². The van der Waals surface area contributed by atoms with E-state index in [4.69, 9.17) is 16.3 Å². The lowest BCUT2D eigenvalue weighted by atomic mass is 9.79. The molecule has 6 rings (SSSR count). The molecule has 2 aliphatic carbocycles. The maximum atomic E-state index is 13.2. The lowest BCUT2D eigenvalue weighted by molar-refractivity contribution is -0.149. The molecule has 2 fully saturated rings. The quantitative estimate of drug-likeness (QED) is 0.204. The lowest BCUT2D eigenvalue weighted by Crippen LogP contribution is -2.47. The van der Waals surface area contributed by atoms with Crippen LogP contribution in [-0.4, -0.2) is 39.2 Å². The maximum Gasteiger partial charge on any atom is 0.316 e. The van der Waals surface area contributed by atoms with E-state index in [-0.39, 0.29) is 34.2 Å². The molecule has 2 aromatic rings. The first kappa shape index (κ1) is 45.8. The third kappa shape index (κ3) is 10.0. The first-order valence-corrected chi connectivity index (χ1v) is 21.4. The highest BCUT2D eigenvalue weighted by Crippen LogP contribution is 2.46. The van der Waals surface area contributed by atoms with Crippen molar-refractivity contribution in [3.8, 4) is 0 Å². The van der Waals surface area contributed by atoms with Crippen molar-refractivity contribution in [3.63, 3.8) is 0 Å². The number of nitrogens with one attached hydrogen (secondary N) is 2. The Bertz CT molecular complexity index is 1950. The minimum absolute atomic E-state index is 0.110. The Kier molecular flexibility index (Phi) is 14.4. The number of halogens is 1. The molecule has 0 aromatic heterocycles. The van der Waals surface area contributed by atoms with Gasteiger partial charge in [0.25, 0.3) is 11.8 Å². The number of aliphatic hydroxyl groups excluding tert-OH is 1. The maximum absolute atomic E-state index is 13.2. The van der Waals surface area contributed by atoms with Gasteiger partial charge in [-0.1, -0.05) is 109 Å². The molecule has 0 bridgehead atoms. The molecule has 2 spiro atoms. The Morgan fingerprint density at radius 1 is 0.667 bits per heavy atom. The smallest absolute Gasteiger partial charge is 0.316 e. The molecule has 312 valence electrons. The number of carbonyl (C=O) groups excluding carboxylic acids is 4. The number of ether oxygens (including phenoxy) is 1. The first-order valence-electron chi connectivity index (χ1n) is 21.0. The monoisotopic (exact) mass is 802 g/mol. The van der Waals surface area contributed by atoms with Gasteiger partial charge in [0.05, 0.1) is 27.6 Å². The molecule has 57 heavy (non-hydrogen) atoms. The van der Waals surface area contributed by atoms with E-state index in [1.807, 2.05) is 34.6 Å². The van der Waals surface area contributed by atoms with Crippen LogP contribution in [0.1, 0.15) is 164 Å². The molecule has 2 amide bonds. The molecule has 0 radical (unpaired) electrons. The van der Waals surface area contributed by atoms with Crippen molar-refractivity contribution in [2.75, 3.05) is 0 Å². The third-order valence-corrected chi connectivity index (χ3v) is 12.3. The summed E-state index contributed by atoms with van der Waals surface area (Å²) in [6.07, 6.45) is 11.5. The van der Waals surface area contributed by atoms with Gasteiger partial charge in [0.15, 0.2) is 0 Å². The summed E-state index contributed by atoms with van der Waals surface area (Å²) in [6.45, 7) is 23.3. The fourth-order valence-corrected chi connectivity index (χ4v) is 8.63. The summed E-state index contributed by atoms with van der Waals surface area (Å²) in [6, 6.07) is 8.46. The second kappa shape index (κ2) is 17.9. The van der Waals surface area contributed by atoms with Gasteiger partial charge in [-0.25, -0.2) is 0 Å². The number of hydrogen-bond acceptors (Lipinski definition) is 6. The summed E-state index contributed by atoms with van der Waals surface area (Å²) >= 11 is 5.11. The van der Waals surface area contributed by atoms with Gasteiger partial charge in [-0.3, -0.25) is 19.2 Å². The molecule has 8 nitrogen and oxygen atoms in total. The topological polar surface area (TPSA) is 122 Å². The van der Waals surface area contributed by atoms with Crippen LogP contribution in [0.5, 0.6) is 0 Å². The van der Waals surface area contributed by atoms with E-state index in [1.54, 1.807) is 20.8 Å². The number of hydrogen-bond donors (Lipinski definition) is 3. The normalized spacial score (nSPS) is 18.8. The van der Waals surface area contributed by atoms with Crippen LogP contribution in [0.25, 0.3) is 11.1 Å². The average molecular weight is 804 g/mol. The highest BCUT2D eigenvalue weighted by atomic mass is 35.5. The van der Waals surface area contributed by atoms with E-state index in [0.717, 1.165) is 104 Å². The zero-order valence-corrected chi connectivity index (χ0v) is 37.4. The van der Waals surface area contributed by atoms with Crippen molar-refractivity contribution in [3.05, 3.63) is 80.3 Å². The summed E-state index contributed by atoms with van der Waals surface area (Å²) in [4.78, 5) is 48.9. The summed E-state index contributed by atoms with van der Waals surface area (Å²) in [7, 11) is 0. The Labute approximate surface area is 346 Å². The predicted molar refractivity (Wildman–Crippen MR) is 231 cm³/mol. The zero-order valence-electron chi connectivity index (χ0n) is 36.7. The van der Waals surface area contributed by atoms with Crippen molar-refractivity contribution in [2.24, 2.45) is 10.8 Å². The van der Waals surface area contributed by atoms with Crippen molar-refractivity contribution in [1.29, 1.82) is 0 Å². The number of aryl methyl sites for hydroxylation is 6. The zero-order chi connectivity index (χ0) is 42.7. The Morgan fingerprint density at radius 3 is 1.46 bits per heavy atom. The Hall–Kier alpha value is -3.91. The number of aliphatic hydroxyl groups is 1. The number of carbonyl (C=O) groups is 4. The SMILES string of the molecule is CC(C)(C)C(=O)Cl.CCc1cc(C)cc(C)c1C1=C(O)C2(CCCCC2)NC1=O.CCc1cc(C)cc(C)c1C1=C(OC(=O)C(C)(C)C)C2(CCCCC2)NC1=O. The Morgan fingerprint density at radius 2 is 1.05 bits per heavy atom. The van der Waals surface area contributed by atoms with Gasteiger partial charge in [0.2, 0.25) is 5.24 Å². The summed E-state index contributed by atoms with van der Waals surface area (Å²) in [5.74, 6) is 0.322.